The van der Waals surface area contributed by atoms with E-state index in [1.54, 1.807) is 13.0 Å². The molecule has 0 aliphatic carbocycles. The first-order valence-corrected chi connectivity index (χ1v) is 9.13. The van der Waals surface area contributed by atoms with Crippen LogP contribution in [0.2, 0.25) is 5.02 Å². The highest BCUT2D eigenvalue weighted by molar-refractivity contribution is 6.31. The van der Waals surface area contributed by atoms with Gasteiger partial charge in [-0.1, -0.05) is 17.7 Å². The van der Waals surface area contributed by atoms with Crippen molar-refractivity contribution in [2.45, 2.75) is 20.8 Å². The number of aryl methyl sites for hydroxylation is 1. The topological polar surface area (TPSA) is 68.7 Å². The van der Waals surface area contributed by atoms with Crippen LogP contribution < -0.4 is 5.32 Å². The van der Waals surface area contributed by atoms with Crippen LogP contribution in [0.1, 0.15) is 19.4 Å². The molecule has 0 aromatic heterocycles. The molecule has 1 aliphatic heterocycles. The standard InChI is InChI=1S/C19H27ClN4O2/c1-14-4-5-17(13-18(14)20)22-15(2)12-19(21)26-11-10-23-6-8-24(9-7-23)16(3)25/h4-5,12-13,21-22H,6-11H2,1-3H3/b15-12-,21-19?. The highest BCUT2D eigenvalue weighted by atomic mass is 35.5. The largest absolute Gasteiger partial charge is 0.477 e. The summed E-state index contributed by atoms with van der Waals surface area (Å²) < 4.78 is 5.49. The molecule has 0 spiro atoms. The summed E-state index contributed by atoms with van der Waals surface area (Å²) in [5.41, 5.74) is 2.72. The van der Waals surface area contributed by atoms with Gasteiger partial charge in [0.25, 0.3) is 0 Å². The van der Waals surface area contributed by atoms with Gasteiger partial charge in [0, 0.05) is 62.1 Å². The Kier molecular flexibility index (Phi) is 7.48. The smallest absolute Gasteiger partial charge is 0.219 e. The van der Waals surface area contributed by atoms with Crippen LogP contribution in [0.5, 0.6) is 0 Å². The Balaban J connectivity index is 1.71. The van der Waals surface area contributed by atoms with E-state index >= 15 is 0 Å². The molecule has 1 aromatic rings. The van der Waals surface area contributed by atoms with E-state index in [9.17, 15) is 4.79 Å². The number of rotatable bonds is 6. The molecular weight excluding hydrogens is 352 g/mol. The molecule has 0 atom stereocenters. The van der Waals surface area contributed by atoms with Crippen molar-refractivity contribution >= 4 is 29.1 Å². The van der Waals surface area contributed by atoms with Crippen molar-refractivity contribution in [2.24, 2.45) is 0 Å². The van der Waals surface area contributed by atoms with E-state index < -0.39 is 0 Å². The first kappa shape index (κ1) is 20.3. The average molecular weight is 379 g/mol. The van der Waals surface area contributed by atoms with E-state index in [4.69, 9.17) is 21.7 Å². The van der Waals surface area contributed by atoms with E-state index in [0.29, 0.717) is 11.6 Å². The highest BCUT2D eigenvalue weighted by Crippen LogP contribution is 2.20. The van der Waals surface area contributed by atoms with Gasteiger partial charge in [-0.15, -0.1) is 0 Å². The minimum atomic E-state index is 0.121. The molecule has 0 saturated carbocycles. The Hall–Kier alpha value is -2.05. The van der Waals surface area contributed by atoms with Crippen molar-refractivity contribution in [1.82, 2.24) is 9.80 Å². The number of halogens is 1. The molecule has 2 rings (SSSR count). The lowest BCUT2D eigenvalue weighted by molar-refractivity contribution is -0.130. The minimum Gasteiger partial charge on any atom is -0.477 e. The fourth-order valence-corrected chi connectivity index (χ4v) is 2.92. The molecule has 2 N–H and O–H groups in total. The second kappa shape index (κ2) is 9.59. The van der Waals surface area contributed by atoms with Gasteiger partial charge in [0.05, 0.1) is 0 Å². The van der Waals surface area contributed by atoms with E-state index in [0.717, 1.165) is 49.7 Å². The number of hydrogen-bond acceptors (Lipinski definition) is 5. The van der Waals surface area contributed by atoms with Crippen molar-refractivity contribution in [3.05, 3.63) is 40.6 Å². The third kappa shape index (κ3) is 6.35. The van der Waals surface area contributed by atoms with Crippen LogP contribution >= 0.6 is 11.6 Å². The number of amides is 1. The van der Waals surface area contributed by atoms with E-state index in [2.05, 4.69) is 10.2 Å². The zero-order valence-corrected chi connectivity index (χ0v) is 16.4. The Bertz CT molecular complexity index is 682. The van der Waals surface area contributed by atoms with Crippen molar-refractivity contribution in [2.75, 3.05) is 44.6 Å². The minimum absolute atomic E-state index is 0.121. The molecule has 1 fully saturated rings. The third-order valence-electron chi connectivity index (χ3n) is 4.34. The van der Waals surface area contributed by atoms with Gasteiger partial charge < -0.3 is 15.0 Å². The molecule has 0 unspecified atom stereocenters. The summed E-state index contributed by atoms with van der Waals surface area (Å²) in [7, 11) is 0. The van der Waals surface area contributed by atoms with Gasteiger partial charge in [0.15, 0.2) is 0 Å². The predicted octanol–water partition coefficient (Wildman–Crippen LogP) is 3.12. The van der Waals surface area contributed by atoms with Gasteiger partial charge in [0.1, 0.15) is 6.61 Å². The van der Waals surface area contributed by atoms with Gasteiger partial charge in [-0.25, -0.2) is 0 Å². The molecular formula is C19H27ClN4O2. The summed E-state index contributed by atoms with van der Waals surface area (Å²) in [6.07, 6.45) is 1.65. The van der Waals surface area contributed by atoms with Gasteiger partial charge >= 0.3 is 0 Å². The number of anilines is 1. The number of benzene rings is 1. The number of nitrogens with zero attached hydrogens (tertiary/aromatic N) is 2. The van der Waals surface area contributed by atoms with Crippen LogP contribution in [-0.4, -0.2) is 60.9 Å². The van der Waals surface area contributed by atoms with Crippen LogP contribution in [0.25, 0.3) is 0 Å². The normalized spacial score (nSPS) is 15.7. The lowest BCUT2D eigenvalue weighted by Gasteiger charge is -2.33. The van der Waals surface area contributed by atoms with Gasteiger partial charge in [-0.3, -0.25) is 15.1 Å². The monoisotopic (exact) mass is 378 g/mol. The second-order valence-electron chi connectivity index (χ2n) is 6.48. The van der Waals surface area contributed by atoms with Crippen LogP contribution in [0, 0.1) is 12.3 Å². The van der Waals surface area contributed by atoms with Crippen molar-refractivity contribution in [1.29, 1.82) is 5.41 Å². The predicted molar refractivity (Wildman–Crippen MR) is 106 cm³/mol. The van der Waals surface area contributed by atoms with E-state index in [1.807, 2.05) is 36.9 Å². The average Bonchev–Trinajstić information content (AvgIpc) is 2.58. The van der Waals surface area contributed by atoms with Gasteiger partial charge in [0.2, 0.25) is 11.8 Å². The summed E-state index contributed by atoms with van der Waals surface area (Å²) in [6, 6.07) is 5.76. The maximum atomic E-state index is 11.3. The Morgan fingerprint density at radius 2 is 2.00 bits per heavy atom. The first-order chi connectivity index (χ1) is 12.3. The second-order valence-corrected chi connectivity index (χ2v) is 6.88. The number of allylic oxidation sites excluding steroid dienone is 1. The van der Waals surface area contributed by atoms with Crippen LogP contribution in [0.3, 0.4) is 0 Å². The Morgan fingerprint density at radius 3 is 2.62 bits per heavy atom. The fraction of sp³-hybridized carbons (Fsp3) is 0.474. The number of nitrogens with one attached hydrogen (secondary N) is 2. The molecule has 7 heteroatoms. The molecule has 142 valence electrons. The molecule has 1 amide bonds. The summed E-state index contributed by atoms with van der Waals surface area (Å²) >= 11 is 6.12. The molecule has 1 aliphatic rings. The fourth-order valence-electron chi connectivity index (χ4n) is 2.74. The lowest BCUT2D eigenvalue weighted by Crippen LogP contribution is -2.48. The zero-order valence-electron chi connectivity index (χ0n) is 15.6. The Morgan fingerprint density at radius 1 is 1.31 bits per heavy atom. The summed E-state index contributed by atoms with van der Waals surface area (Å²) in [6.45, 7) is 9.87. The summed E-state index contributed by atoms with van der Waals surface area (Å²) in [5.74, 6) is 0.251. The van der Waals surface area contributed by atoms with Crippen molar-refractivity contribution in [3.63, 3.8) is 0 Å². The molecule has 0 radical (unpaired) electrons. The number of ether oxygens (including phenoxy) is 1. The van der Waals surface area contributed by atoms with Gasteiger partial charge in [-0.05, 0) is 31.5 Å². The van der Waals surface area contributed by atoms with E-state index in [1.165, 1.54) is 0 Å². The maximum absolute atomic E-state index is 11.3. The molecule has 1 saturated heterocycles. The molecule has 6 nitrogen and oxygen atoms in total. The third-order valence-corrected chi connectivity index (χ3v) is 4.75. The van der Waals surface area contributed by atoms with Crippen molar-refractivity contribution < 1.29 is 9.53 Å². The highest BCUT2D eigenvalue weighted by Gasteiger charge is 2.18. The van der Waals surface area contributed by atoms with E-state index in [-0.39, 0.29) is 11.8 Å². The maximum Gasteiger partial charge on any atom is 0.219 e. The van der Waals surface area contributed by atoms with Crippen molar-refractivity contribution in [3.8, 4) is 0 Å². The SMILES string of the molecule is CC(=O)N1CCN(CCOC(=N)/C=C(/C)Nc2ccc(C)c(Cl)c2)CC1. The summed E-state index contributed by atoms with van der Waals surface area (Å²) in [4.78, 5) is 15.4. The Labute approximate surface area is 160 Å². The zero-order chi connectivity index (χ0) is 19.1. The van der Waals surface area contributed by atoms with Crippen LogP contribution in [-0.2, 0) is 9.53 Å². The lowest BCUT2D eigenvalue weighted by atomic mass is 10.2. The van der Waals surface area contributed by atoms with Crippen LogP contribution in [0.4, 0.5) is 5.69 Å². The number of hydrogen-bond donors (Lipinski definition) is 2. The molecule has 1 aromatic carbocycles. The number of carbonyl (C=O) groups excluding carboxylic acids is 1. The quantitative estimate of drug-likeness (QED) is 0.589. The first-order valence-electron chi connectivity index (χ1n) is 8.76. The molecule has 0 bridgehead atoms. The molecule has 26 heavy (non-hydrogen) atoms. The molecule has 1 heterocycles. The van der Waals surface area contributed by atoms with Gasteiger partial charge in [-0.2, -0.15) is 0 Å². The summed E-state index contributed by atoms with van der Waals surface area (Å²) in [5, 5.41) is 11.8. The number of carbonyl (C=O) groups is 1. The number of piperazine rings is 1. The van der Waals surface area contributed by atoms with Crippen LogP contribution in [0.15, 0.2) is 30.0 Å².